The average molecular weight is 191 g/mol. The van der Waals surface area contributed by atoms with Crippen LogP contribution in [0.5, 0.6) is 0 Å². The van der Waals surface area contributed by atoms with Gasteiger partial charge in [-0.05, 0) is 13.8 Å². The molecule has 0 saturated carbocycles. The standard InChI is InChI=1S/C9H13N5/c1-6-9(7(2)14-13-6)5-10-8-3-11-12-4-8/h3-4,10H,5H2,1-2H3,(H,11,12)(H,13,14). The quantitative estimate of drug-likeness (QED) is 0.686. The smallest absolute Gasteiger partial charge is 0.0726 e. The third-order valence-corrected chi connectivity index (χ3v) is 2.25. The lowest BCUT2D eigenvalue weighted by atomic mass is 10.2. The van der Waals surface area contributed by atoms with Crippen molar-refractivity contribution in [1.82, 2.24) is 20.4 Å². The van der Waals surface area contributed by atoms with Crippen molar-refractivity contribution in [3.8, 4) is 0 Å². The topological polar surface area (TPSA) is 69.4 Å². The van der Waals surface area contributed by atoms with Crippen LogP contribution in [0.25, 0.3) is 0 Å². The largest absolute Gasteiger partial charge is 0.378 e. The number of nitrogens with zero attached hydrogens (tertiary/aromatic N) is 2. The summed E-state index contributed by atoms with van der Waals surface area (Å²) in [5.74, 6) is 0. The zero-order valence-electron chi connectivity index (χ0n) is 8.26. The Bertz CT molecular complexity index is 381. The molecule has 5 nitrogen and oxygen atoms in total. The molecule has 0 amide bonds. The van der Waals surface area contributed by atoms with Crippen molar-refractivity contribution in [3.05, 3.63) is 29.3 Å². The Labute approximate surface area is 81.9 Å². The molecule has 0 bridgehead atoms. The predicted molar refractivity (Wildman–Crippen MR) is 54.0 cm³/mol. The number of hydrogen-bond acceptors (Lipinski definition) is 3. The molecule has 0 spiro atoms. The summed E-state index contributed by atoms with van der Waals surface area (Å²) < 4.78 is 0. The molecule has 0 atom stereocenters. The second kappa shape index (κ2) is 3.53. The van der Waals surface area contributed by atoms with E-state index >= 15 is 0 Å². The fourth-order valence-electron chi connectivity index (χ4n) is 1.37. The minimum absolute atomic E-state index is 0.772. The van der Waals surface area contributed by atoms with E-state index in [9.17, 15) is 0 Å². The molecular weight excluding hydrogens is 178 g/mol. The number of aromatic amines is 2. The molecular formula is C9H13N5. The Morgan fingerprint density at radius 3 is 2.86 bits per heavy atom. The fourth-order valence-corrected chi connectivity index (χ4v) is 1.37. The molecule has 0 fully saturated rings. The van der Waals surface area contributed by atoms with E-state index in [1.807, 2.05) is 20.0 Å². The first-order valence-corrected chi connectivity index (χ1v) is 4.50. The SMILES string of the molecule is Cc1n[nH]c(C)c1CNc1cn[nH]c1. The molecule has 0 unspecified atom stereocenters. The lowest BCUT2D eigenvalue weighted by molar-refractivity contribution is 1.02. The molecule has 2 heterocycles. The van der Waals surface area contributed by atoms with Crippen molar-refractivity contribution in [2.45, 2.75) is 20.4 Å². The number of aromatic nitrogens is 4. The van der Waals surface area contributed by atoms with E-state index in [-0.39, 0.29) is 0 Å². The summed E-state index contributed by atoms with van der Waals surface area (Å²) in [6.45, 7) is 4.79. The molecule has 0 aromatic carbocycles. The van der Waals surface area contributed by atoms with Crippen LogP contribution in [0.3, 0.4) is 0 Å². The van der Waals surface area contributed by atoms with Gasteiger partial charge in [0.15, 0.2) is 0 Å². The Morgan fingerprint density at radius 1 is 1.43 bits per heavy atom. The zero-order chi connectivity index (χ0) is 9.97. The van der Waals surface area contributed by atoms with Gasteiger partial charge in [-0.15, -0.1) is 0 Å². The zero-order valence-corrected chi connectivity index (χ0v) is 8.26. The minimum Gasteiger partial charge on any atom is -0.378 e. The number of rotatable bonds is 3. The summed E-state index contributed by atoms with van der Waals surface area (Å²) in [6.07, 6.45) is 3.58. The van der Waals surface area contributed by atoms with Crippen molar-refractivity contribution in [2.75, 3.05) is 5.32 Å². The van der Waals surface area contributed by atoms with E-state index in [4.69, 9.17) is 0 Å². The molecule has 5 heteroatoms. The normalized spacial score (nSPS) is 10.4. The molecule has 14 heavy (non-hydrogen) atoms. The van der Waals surface area contributed by atoms with Gasteiger partial charge in [-0.3, -0.25) is 10.2 Å². The van der Waals surface area contributed by atoms with Crippen LogP contribution in [0.4, 0.5) is 5.69 Å². The van der Waals surface area contributed by atoms with Gasteiger partial charge < -0.3 is 5.32 Å². The lowest BCUT2D eigenvalue weighted by Crippen LogP contribution is -2.00. The Hall–Kier alpha value is -1.78. The van der Waals surface area contributed by atoms with Gasteiger partial charge in [0.2, 0.25) is 0 Å². The minimum atomic E-state index is 0.772. The van der Waals surface area contributed by atoms with Gasteiger partial charge in [-0.2, -0.15) is 10.2 Å². The monoisotopic (exact) mass is 191 g/mol. The van der Waals surface area contributed by atoms with Crippen LogP contribution in [-0.4, -0.2) is 20.4 Å². The highest BCUT2D eigenvalue weighted by atomic mass is 15.1. The Kier molecular flexibility index (Phi) is 2.22. The molecule has 2 aromatic heterocycles. The van der Waals surface area contributed by atoms with Gasteiger partial charge in [0.1, 0.15) is 0 Å². The fraction of sp³-hybridized carbons (Fsp3) is 0.333. The summed E-state index contributed by atoms with van der Waals surface area (Å²) in [7, 11) is 0. The summed E-state index contributed by atoms with van der Waals surface area (Å²) in [5.41, 5.74) is 4.35. The molecule has 74 valence electrons. The van der Waals surface area contributed by atoms with E-state index < -0.39 is 0 Å². The van der Waals surface area contributed by atoms with Crippen molar-refractivity contribution < 1.29 is 0 Å². The second-order valence-electron chi connectivity index (χ2n) is 3.25. The molecule has 0 aliphatic heterocycles. The number of aryl methyl sites for hydroxylation is 2. The van der Waals surface area contributed by atoms with Crippen LogP contribution in [0.15, 0.2) is 12.4 Å². The summed E-state index contributed by atoms with van der Waals surface area (Å²) in [4.78, 5) is 0. The van der Waals surface area contributed by atoms with Gasteiger partial charge in [0, 0.05) is 24.0 Å². The summed E-state index contributed by atoms with van der Waals surface area (Å²) in [6, 6.07) is 0. The van der Waals surface area contributed by atoms with Crippen LogP contribution in [-0.2, 0) is 6.54 Å². The molecule has 2 aromatic rings. The molecule has 2 rings (SSSR count). The third-order valence-electron chi connectivity index (χ3n) is 2.25. The first kappa shape index (κ1) is 8.80. The number of anilines is 1. The maximum atomic E-state index is 4.13. The Morgan fingerprint density at radius 2 is 2.29 bits per heavy atom. The van der Waals surface area contributed by atoms with Gasteiger partial charge in [0.25, 0.3) is 0 Å². The van der Waals surface area contributed by atoms with E-state index in [0.717, 1.165) is 23.6 Å². The average Bonchev–Trinajstić information content (AvgIpc) is 2.76. The Balaban J connectivity index is 2.05. The lowest BCUT2D eigenvalue weighted by Gasteiger charge is -2.02. The number of nitrogens with one attached hydrogen (secondary N) is 3. The van der Waals surface area contributed by atoms with Crippen LogP contribution < -0.4 is 5.32 Å². The first-order valence-electron chi connectivity index (χ1n) is 4.50. The van der Waals surface area contributed by atoms with Crippen molar-refractivity contribution >= 4 is 5.69 Å². The van der Waals surface area contributed by atoms with E-state index in [2.05, 4.69) is 25.7 Å². The molecule has 0 radical (unpaired) electrons. The van der Waals surface area contributed by atoms with Crippen LogP contribution in [0, 0.1) is 13.8 Å². The van der Waals surface area contributed by atoms with E-state index in [1.54, 1.807) is 6.20 Å². The van der Waals surface area contributed by atoms with Crippen molar-refractivity contribution in [1.29, 1.82) is 0 Å². The molecule has 0 saturated heterocycles. The van der Waals surface area contributed by atoms with E-state index in [0.29, 0.717) is 0 Å². The van der Waals surface area contributed by atoms with Gasteiger partial charge >= 0.3 is 0 Å². The highest BCUT2D eigenvalue weighted by Gasteiger charge is 2.05. The first-order chi connectivity index (χ1) is 6.77. The van der Waals surface area contributed by atoms with Crippen LogP contribution >= 0.6 is 0 Å². The predicted octanol–water partition coefficient (Wildman–Crippen LogP) is 1.36. The number of hydrogen-bond donors (Lipinski definition) is 3. The van der Waals surface area contributed by atoms with Gasteiger partial charge in [0.05, 0.1) is 17.6 Å². The molecule has 0 aliphatic rings. The van der Waals surface area contributed by atoms with Gasteiger partial charge in [-0.25, -0.2) is 0 Å². The maximum absolute atomic E-state index is 4.13. The van der Waals surface area contributed by atoms with Crippen molar-refractivity contribution in [3.63, 3.8) is 0 Å². The van der Waals surface area contributed by atoms with E-state index in [1.165, 1.54) is 5.56 Å². The van der Waals surface area contributed by atoms with Gasteiger partial charge in [-0.1, -0.05) is 0 Å². The number of H-pyrrole nitrogens is 2. The van der Waals surface area contributed by atoms with Crippen LogP contribution in [0.1, 0.15) is 17.0 Å². The van der Waals surface area contributed by atoms with Crippen LogP contribution in [0.2, 0.25) is 0 Å². The molecule has 0 aliphatic carbocycles. The maximum Gasteiger partial charge on any atom is 0.0726 e. The highest BCUT2D eigenvalue weighted by Crippen LogP contribution is 2.11. The van der Waals surface area contributed by atoms with Crippen molar-refractivity contribution in [2.24, 2.45) is 0 Å². The second-order valence-corrected chi connectivity index (χ2v) is 3.25. The third kappa shape index (κ3) is 1.61. The molecule has 3 N–H and O–H groups in total. The summed E-state index contributed by atoms with van der Waals surface area (Å²) in [5, 5.41) is 16.9. The summed E-state index contributed by atoms with van der Waals surface area (Å²) >= 11 is 0. The highest BCUT2D eigenvalue weighted by molar-refractivity contribution is 5.39.